The zero-order valence-electron chi connectivity index (χ0n) is 10.4. The van der Waals surface area contributed by atoms with Gasteiger partial charge in [-0.15, -0.1) is 0 Å². The molecule has 0 saturated heterocycles. The topological polar surface area (TPSA) is 58.6 Å². The smallest absolute Gasteiger partial charge is 0.265 e. The molecule has 0 radical (unpaired) electrons. The van der Waals surface area contributed by atoms with E-state index >= 15 is 0 Å². The van der Waals surface area contributed by atoms with Crippen LogP contribution in [0.4, 0.5) is 5.69 Å². The number of ether oxygens (including phenoxy) is 1. The maximum atomic E-state index is 12.2. The van der Waals surface area contributed by atoms with E-state index in [9.17, 15) is 9.90 Å². The number of nitrogens with one attached hydrogen (secondary N) is 1. The second-order valence-electron chi connectivity index (χ2n) is 4.44. The minimum Gasteiger partial charge on any atom is -0.497 e. The molecule has 1 aliphatic rings. The summed E-state index contributed by atoms with van der Waals surface area (Å²) in [5, 5.41) is 13.5. The lowest BCUT2D eigenvalue weighted by Crippen LogP contribution is -2.35. The number of hydrogen-bond donors (Lipinski definition) is 2. The lowest BCUT2D eigenvalue weighted by Gasteiger charge is -2.21. The number of para-hydroxylation sites is 1. The molecule has 1 amide bonds. The molecule has 0 spiro atoms. The first kappa shape index (κ1) is 11.7. The highest BCUT2D eigenvalue weighted by molar-refractivity contribution is 6.07. The summed E-state index contributed by atoms with van der Waals surface area (Å²) in [5.74, 6) is 0.157. The Balaban J connectivity index is 2.19. The molecule has 1 heterocycles. The van der Waals surface area contributed by atoms with Gasteiger partial charge in [0.25, 0.3) is 5.91 Å². The van der Waals surface area contributed by atoms with Gasteiger partial charge in [0, 0.05) is 16.8 Å². The molecule has 3 rings (SSSR count). The van der Waals surface area contributed by atoms with Crippen molar-refractivity contribution in [3.05, 3.63) is 59.7 Å². The van der Waals surface area contributed by atoms with Gasteiger partial charge in [0.2, 0.25) is 0 Å². The number of aliphatic hydroxyl groups is 1. The summed E-state index contributed by atoms with van der Waals surface area (Å²) in [5.41, 5.74) is 0.0332. The lowest BCUT2D eigenvalue weighted by molar-refractivity contribution is -0.129. The highest BCUT2D eigenvalue weighted by Crippen LogP contribution is 2.41. The first-order valence-corrected chi connectivity index (χ1v) is 5.94. The molecule has 2 aromatic rings. The molecule has 0 saturated carbocycles. The minimum atomic E-state index is -1.66. The fraction of sp³-hybridized carbons (Fsp3) is 0.133. The van der Waals surface area contributed by atoms with Crippen LogP contribution in [-0.4, -0.2) is 18.1 Å². The second-order valence-corrected chi connectivity index (χ2v) is 4.44. The van der Waals surface area contributed by atoms with Crippen molar-refractivity contribution in [2.24, 2.45) is 0 Å². The summed E-state index contributed by atoms with van der Waals surface area (Å²) in [7, 11) is 1.55. The van der Waals surface area contributed by atoms with E-state index in [-0.39, 0.29) is 0 Å². The number of anilines is 1. The van der Waals surface area contributed by atoms with Crippen molar-refractivity contribution in [2.75, 3.05) is 12.4 Å². The number of rotatable bonds is 2. The van der Waals surface area contributed by atoms with E-state index in [0.29, 0.717) is 22.6 Å². The number of hydrogen-bond acceptors (Lipinski definition) is 3. The maximum Gasteiger partial charge on any atom is 0.265 e. The van der Waals surface area contributed by atoms with Gasteiger partial charge in [-0.3, -0.25) is 4.79 Å². The number of carbonyl (C=O) groups excluding carboxylic acids is 1. The first-order chi connectivity index (χ1) is 9.16. The van der Waals surface area contributed by atoms with Gasteiger partial charge in [0.05, 0.1) is 7.11 Å². The number of amides is 1. The average Bonchev–Trinajstić information content (AvgIpc) is 2.72. The van der Waals surface area contributed by atoms with Crippen LogP contribution in [0, 0.1) is 0 Å². The van der Waals surface area contributed by atoms with Crippen molar-refractivity contribution in [3.63, 3.8) is 0 Å². The summed E-state index contributed by atoms with van der Waals surface area (Å²) in [6, 6.07) is 14.0. The van der Waals surface area contributed by atoms with E-state index in [1.54, 1.807) is 49.6 Å². The zero-order chi connectivity index (χ0) is 13.5. The molecule has 2 aromatic carbocycles. The molecule has 4 nitrogen and oxygen atoms in total. The van der Waals surface area contributed by atoms with E-state index < -0.39 is 11.5 Å². The van der Waals surface area contributed by atoms with Crippen molar-refractivity contribution in [1.29, 1.82) is 0 Å². The van der Waals surface area contributed by atoms with Crippen LogP contribution in [0.3, 0.4) is 0 Å². The number of fused-ring (bicyclic) bond motifs is 1. The van der Waals surface area contributed by atoms with Crippen molar-refractivity contribution in [3.8, 4) is 5.75 Å². The third-order valence-corrected chi connectivity index (χ3v) is 3.38. The quantitative estimate of drug-likeness (QED) is 0.861. The van der Waals surface area contributed by atoms with Crippen LogP contribution in [-0.2, 0) is 10.4 Å². The van der Waals surface area contributed by atoms with Crippen LogP contribution in [0.15, 0.2) is 48.5 Å². The lowest BCUT2D eigenvalue weighted by atomic mass is 9.87. The summed E-state index contributed by atoms with van der Waals surface area (Å²) in [4.78, 5) is 12.2. The Hall–Kier alpha value is -2.33. The summed E-state index contributed by atoms with van der Waals surface area (Å²) in [6.07, 6.45) is 0. The Morgan fingerprint density at radius 3 is 2.74 bits per heavy atom. The Morgan fingerprint density at radius 2 is 1.95 bits per heavy atom. The van der Waals surface area contributed by atoms with Crippen LogP contribution in [0.5, 0.6) is 5.75 Å². The van der Waals surface area contributed by atoms with Crippen LogP contribution in [0.25, 0.3) is 0 Å². The van der Waals surface area contributed by atoms with Gasteiger partial charge in [0.15, 0.2) is 5.60 Å². The molecule has 4 heteroatoms. The van der Waals surface area contributed by atoms with E-state index in [1.807, 2.05) is 6.07 Å². The highest BCUT2D eigenvalue weighted by Gasteiger charge is 2.46. The third kappa shape index (κ3) is 1.61. The molecule has 1 atom stereocenters. The Morgan fingerprint density at radius 1 is 1.16 bits per heavy atom. The molecule has 19 heavy (non-hydrogen) atoms. The van der Waals surface area contributed by atoms with Crippen LogP contribution in [0.1, 0.15) is 11.1 Å². The number of carbonyl (C=O) groups is 1. The average molecular weight is 255 g/mol. The Labute approximate surface area is 110 Å². The number of methoxy groups -OCH3 is 1. The first-order valence-electron chi connectivity index (χ1n) is 5.94. The molecule has 96 valence electrons. The molecule has 2 N–H and O–H groups in total. The largest absolute Gasteiger partial charge is 0.497 e. The van der Waals surface area contributed by atoms with Crippen molar-refractivity contribution < 1.29 is 14.6 Å². The minimum absolute atomic E-state index is 0.443. The maximum absolute atomic E-state index is 12.2. The van der Waals surface area contributed by atoms with Crippen molar-refractivity contribution >= 4 is 11.6 Å². The van der Waals surface area contributed by atoms with E-state index in [0.717, 1.165) is 0 Å². The molecule has 0 fully saturated rings. The molecule has 0 bridgehead atoms. The van der Waals surface area contributed by atoms with Crippen LogP contribution in [0.2, 0.25) is 0 Å². The van der Waals surface area contributed by atoms with Gasteiger partial charge in [-0.1, -0.05) is 30.3 Å². The van der Waals surface area contributed by atoms with Gasteiger partial charge in [0.1, 0.15) is 5.75 Å². The predicted molar refractivity (Wildman–Crippen MR) is 71.1 cm³/mol. The summed E-state index contributed by atoms with van der Waals surface area (Å²) < 4.78 is 5.14. The molecular formula is C15H13NO3. The van der Waals surface area contributed by atoms with Gasteiger partial charge < -0.3 is 15.2 Å². The fourth-order valence-corrected chi connectivity index (χ4v) is 2.38. The second kappa shape index (κ2) is 4.10. The van der Waals surface area contributed by atoms with Crippen LogP contribution >= 0.6 is 0 Å². The third-order valence-electron chi connectivity index (χ3n) is 3.38. The van der Waals surface area contributed by atoms with Gasteiger partial charge in [-0.2, -0.15) is 0 Å². The molecular weight excluding hydrogens is 242 g/mol. The van der Waals surface area contributed by atoms with E-state index in [2.05, 4.69) is 5.32 Å². The zero-order valence-corrected chi connectivity index (χ0v) is 10.4. The molecule has 1 aliphatic heterocycles. The van der Waals surface area contributed by atoms with Crippen LogP contribution < -0.4 is 10.1 Å². The normalized spacial score (nSPS) is 20.8. The van der Waals surface area contributed by atoms with Crippen molar-refractivity contribution in [1.82, 2.24) is 0 Å². The SMILES string of the molecule is COc1cccc([C@@]2(O)C(=O)Nc3ccccc32)c1. The number of benzene rings is 2. The molecule has 0 unspecified atom stereocenters. The fourth-order valence-electron chi connectivity index (χ4n) is 2.38. The Kier molecular flexibility index (Phi) is 2.54. The molecule has 0 aromatic heterocycles. The van der Waals surface area contributed by atoms with E-state index in [1.165, 1.54) is 0 Å². The van der Waals surface area contributed by atoms with Crippen molar-refractivity contribution in [2.45, 2.75) is 5.60 Å². The standard InChI is InChI=1S/C15H13NO3/c1-19-11-6-4-5-10(9-11)15(18)12-7-2-3-8-13(12)16-14(15)17/h2-9,18H,1H3,(H,16,17)/t15-/m0/s1. The van der Waals surface area contributed by atoms with E-state index in [4.69, 9.17) is 4.74 Å². The molecule has 0 aliphatic carbocycles. The van der Waals surface area contributed by atoms with Gasteiger partial charge in [-0.05, 0) is 18.2 Å². The summed E-state index contributed by atoms with van der Waals surface area (Å²) >= 11 is 0. The highest BCUT2D eigenvalue weighted by atomic mass is 16.5. The predicted octanol–water partition coefficient (Wildman–Crippen LogP) is 1.88. The van der Waals surface area contributed by atoms with Gasteiger partial charge in [-0.25, -0.2) is 0 Å². The summed E-state index contributed by atoms with van der Waals surface area (Å²) in [6.45, 7) is 0. The van der Waals surface area contributed by atoms with Gasteiger partial charge >= 0.3 is 0 Å². The monoisotopic (exact) mass is 255 g/mol. The Bertz CT molecular complexity index is 653.